The van der Waals surface area contributed by atoms with Gasteiger partial charge >= 0.3 is 0 Å². The molecule has 5 heteroatoms. The van der Waals surface area contributed by atoms with E-state index < -0.39 is 0 Å². The molecule has 1 aliphatic heterocycles. The molecule has 0 aliphatic carbocycles. The lowest BCUT2D eigenvalue weighted by atomic mass is 10.2. The Morgan fingerprint density at radius 3 is 3.18 bits per heavy atom. The van der Waals surface area contributed by atoms with Crippen molar-refractivity contribution in [2.24, 2.45) is 5.10 Å². The van der Waals surface area contributed by atoms with Crippen molar-refractivity contribution < 1.29 is 0 Å². The number of hydrazone groups is 1. The van der Waals surface area contributed by atoms with Crippen molar-refractivity contribution in [2.75, 3.05) is 0 Å². The summed E-state index contributed by atoms with van der Waals surface area (Å²) in [5.74, 6) is 0. The molecule has 0 fully saturated rings. The van der Waals surface area contributed by atoms with E-state index in [1.165, 1.54) is 16.2 Å². The molecule has 2 nitrogen and oxygen atoms in total. The first kappa shape index (κ1) is 7.46. The highest BCUT2D eigenvalue weighted by Crippen LogP contribution is 2.35. The zero-order valence-corrected chi connectivity index (χ0v) is 8.11. The van der Waals surface area contributed by atoms with Crippen LogP contribution in [0.15, 0.2) is 15.4 Å². The van der Waals surface area contributed by atoms with Gasteiger partial charge in [-0.25, -0.2) is 4.83 Å². The summed E-state index contributed by atoms with van der Waals surface area (Å²) in [6.45, 7) is 1.97. The lowest BCUT2D eigenvalue weighted by Crippen LogP contribution is -2.06. The lowest BCUT2D eigenvalue weighted by molar-refractivity contribution is 1.09. The van der Waals surface area contributed by atoms with E-state index >= 15 is 0 Å². The van der Waals surface area contributed by atoms with Crippen molar-refractivity contribution in [1.82, 2.24) is 4.83 Å². The lowest BCUT2D eigenvalue weighted by Gasteiger charge is -2.07. The molecule has 0 radical (unpaired) electrons. The Labute approximate surface area is 77.8 Å². The maximum Gasteiger partial charge on any atom is 0.0947 e. The number of halogens is 1. The van der Waals surface area contributed by atoms with Crippen LogP contribution in [-0.2, 0) is 0 Å². The minimum atomic E-state index is 0.820. The third-order valence-electron chi connectivity index (χ3n) is 1.41. The van der Waals surface area contributed by atoms with E-state index in [1.807, 2.05) is 13.0 Å². The van der Waals surface area contributed by atoms with E-state index in [1.54, 1.807) is 11.3 Å². The number of hydrogen-bond donors (Lipinski definition) is 1. The van der Waals surface area contributed by atoms with Crippen molar-refractivity contribution in [3.8, 4) is 0 Å². The van der Waals surface area contributed by atoms with Crippen molar-refractivity contribution in [1.29, 1.82) is 0 Å². The Morgan fingerprint density at radius 2 is 2.45 bits per heavy atom. The highest BCUT2D eigenvalue weighted by Gasteiger charge is 2.14. The molecule has 0 saturated heterocycles. The number of nitrogens with zero attached hydrogens (tertiary/aromatic N) is 1. The topological polar surface area (TPSA) is 24.4 Å². The van der Waals surface area contributed by atoms with E-state index in [9.17, 15) is 0 Å². The second kappa shape index (κ2) is 2.69. The van der Waals surface area contributed by atoms with Crippen molar-refractivity contribution >= 4 is 40.6 Å². The van der Waals surface area contributed by atoms with Gasteiger partial charge in [0.05, 0.1) is 14.3 Å². The molecular weight excluding hydrogens is 200 g/mol. The van der Waals surface area contributed by atoms with Crippen LogP contribution in [0.5, 0.6) is 0 Å². The summed E-state index contributed by atoms with van der Waals surface area (Å²) in [5, 5.41) is 4.06. The van der Waals surface area contributed by atoms with Gasteiger partial charge in [-0.15, -0.1) is 11.3 Å². The third kappa shape index (κ3) is 1.26. The zero-order chi connectivity index (χ0) is 7.84. The van der Waals surface area contributed by atoms with Gasteiger partial charge in [0, 0.05) is 17.5 Å². The summed E-state index contributed by atoms with van der Waals surface area (Å²) in [4.78, 5) is 2.86. The summed E-state index contributed by atoms with van der Waals surface area (Å²) in [7, 11) is 0. The van der Waals surface area contributed by atoms with Crippen LogP contribution in [0.3, 0.4) is 0 Å². The average Bonchev–Trinajstić information content (AvgIpc) is 2.31. The van der Waals surface area contributed by atoms with Crippen LogP contribution in [0.1, 0.15) is 12.5 Å². The predicted molar refractivity (Wildman–Crippen MR) is 50.5 cm³/mol. The molecule has 0 bridgehead atoms. The van der Waals surface area contributed by atoms with Gasteiger partial charge in [-0.3, -0.25) is 0 Å². The molecule has 0 atom stereocenters. The fraction of sp³-hybridized carbons (Fsp3) is 0.167. The van der Waals surface area contributed by atoms with Gasteiger partial charge in [-0.2, -0.15) is 5.10 Å². The summed E-state index contributed by atoms with van der Waals surface area (Å²) < 4.78 is 2.02. The van der Waals surface area contributed by atoms with E-state index in [0.29, 0.717) is 0 Å². The summed E-state index contributed by atoms with van der Waals surface area (Å²) in [6.07, 6.45) is 0. The zero-order valence-electron chi connectivity index (χ0n) is 5.72. The molecule has 11 heavy (non-hydrogen) atoms. The summed E-state index contributed by atoms with van der Waals surface area (Å²) in [5.41, 5.74) is 2.16. The first-order valence-electron chi connectivity index (χ1n) is 3.03. The highest BCUT2D eigenvalue weighted by atomic mass is 35.5. The second-order valence-corrected chi connectivity index (χ2v) is 4.88. The molecule has 2 rings (SSSR count). The van der Waals surface area contributed by atoms with Gasteiger partial charge in [0.15, 0.2) is 0 Å². The normalized spacial score (nSPS) is 15.3. The van der Waals surface area contributed by atoms with Gasteiger partial charge in [-0.05, 0) is 13.0 Å². The van der Waals surface area contributed by atoms with Crippen LogP contribution in [0, 0.1) is 0 Å². The summed E-state index contributed by atoms with van der Waals surface area (Å²) in [6, 6.07) is 1.95. The standard InChI is InChI=1S/C6H5ClN2S2/c1-3-4-2-5(7)10-6(4)11-9-8-3/h2,9H,1H3. The molecule has 0 amide bonds. The Hall–Kier alpha value is -0.190. The number of fused-ring (bicyclic) bond motifs is 1. The predicted octanol–water partition coefficient (Wildman–Crippen LogP) is 2.74. The van der Waals surface area contributed by atoms with Crippen LogP contribution in [0.25, 0.3) is 0 Å². The van der Waals surface area contributed by atoms with Gasteiger partial charge in [-0.1, -0.05) is 11.6 Å². The third-order valence-corrected chi connectivity index (χ3v) is 3.56. The molecule has 2 heterocycles. The number of hydrogen-bond acceptors (Lipinski definition) is 4. The summed E-state index contributed by atoms with van der Waals surface area (Å²) >= 11 is 8.93. The van der Waals surface area contributed by atoms with Gasteiger partial charge in [0.1, 0.15) is 0 Å². The van der Waals surface area contributed by atoms with E-state index in [4.69, 9.17) is 11.6 Å². The molecule has 0 aromatic carbocycles. The van der Waals surface area contributed by atoms with Crippen LogP contribution in [0.4, 0.5) is 0 Å². The van der Waals surface area contributed by atoms with Gasteiger partial charge in [0.2, 0.25) is 0 Å². The largest absolute Gasteiger partial charge is 0.246 e. The first-order valence-corrected chi connectivity index (χ1v) is 5.04. The monoisotopic (exact) mass is 204 g/mol. The van der Waals surface area contributed by atoms with Crippen LogP contribution < -0.4 is 4.83 Å². The highest BCUT2D eigenvalue weighted by molar-refractivity contribution is 7.99. The Morgan fingerprint density at radius 1 is 1.64 bits per heavy atom. The Balaban J connectivity index is 2.55. The molecule has 1 aromatic rings. The molecule has 0 saturated carbocycles. The fourth-order valence-electron chi connectivity index (χ4n) is 0.866. The Bertz CT molecular complexity index is 318. The molecule has 1 aromatic heterocycles. The van der Waals surface area contributed by atoms with Crippen molar-refractivity contribution in [3.63, 3.8) is 0 Å². The molecular formula is C6H5ClN2S2. The minimum absolute atomic E-state index is 0.820. The SMILES string of the molecule is CC1=NNSc2sc(Cl)cc21. The second-order valence-electron chi connectivity index (χ2n) is 2.14. The van der Waals surface area contributed by atoms with E-state index in [2.05, 4.69) is 9.93 Å². The molecule has 0 spiro atoms. The van der Waals surface area contributed by atoms with Crippen molar-refractivity contribution in [2.45, 2.75) is 11.1 Å². The number of nitrogens with one attached hydrogen (secondary N) is 1. The Kier molecular flexibility index (Phi) is 1.83. The minimum Gasteiger partial charge on any atom is -0.246 e. The fourth-order valence-corrected chi connectivity index (χ4v) is 3.14. The van der Waals surface area contributed by atoms with Crippen molar-refractivity contribution in [3.05, 3.63) is 16.0 Å². The first-order chi connectivity index (χ1) is 5.27. The molecule has 1 N–H and O–H groups in total. The van der Waals surface area contributed by atoms with Gasteiger partial charge < -0.3 is 0 Å². The smallest absolute Gasteiger partial charge is 0.0947 e. The van der Waals surface area contributed by atoms with E-state index in [0.717, 1.165) is 15.6 Å². The maximum absolute atomic E-state index is 5.84. The van der Waals surface area contributed by atoms with E-state index in [-0.39, 0.29) is 0 Å². The molecule has 0 unspecified atom stereocenters. The maximum atomic E-state index is 5.84. The van der Waals surface area contributed by atoms with Crippen LogP contribution >= 0.6 is 34.9 Å². The average molecular weight is 205 g/mol. The number of thiophene rings is 1. The quantitative estimate of drug-likeness (QED) is 0.658. The number of rotatable bonds is 0. The van der Waals surface area contributed by atoms with Gasteiger partial charge in [0.25, 0.3) is 0 Å². The van der Waals surface area contributed by atoms with Crippen LogP contribution in [0.2, 0.25) is 4.34 Å². The van der Waals surface area contributed by atoms with Crippen LogP contribution in [-0.4, -0.2) is 5.71 Å². The molecule has 58 valence electrons. The molecule has 1 aliphatic rings.